The highest BCUT2D eigenvalue weighted by molar-refractivity contribution is 5.81. The molecule has 20 heavy (non-hydrogen) atoms. The van der Waals surface area contributed by atoms with Crippen LogP contribution < -0.4 is 10.5 Å². The largest absolute Gasteiger partial charge is 0.497 e. The Labute approximate surface area is 121 Å². The molecule has 0 aromatic heterocycles. The van der Waals surface area contributed by atoms with E-state index in [1.54, 1.807) is 12.0 Å². The first-order valence-electron chi connectivity index (χ1n) is 7.15. The van der Waals surface area contributed by atoms with E-state index in [2.05, 4.69) is 13.8 Å². The van der Waals surface area contributed by atoms with Gasteiger partial charge in [0, 0.05) is 13.1 Å². The van der Waals surface area contributed by atoms with Gasteiger partial charge in [0.15, 0.2) is 0 Å². The normalized spacial score (nSPS) is 12.3. The molecule has 4 heteroatoms. The van der Waals surface area contributed by atoms with Crippen molar-refractivity contribution >= 4 is 5.91 Å². The van der Waals surface area contributed by atoms with Gasteiger partial charge in [-0.25, -0.2) is 0 Å². The van der Waals surface area contributed by atoms with E-state index in [4.69, 9.17) is 10.5 Å². The number of rotatable bonds is 7. The van der Waals surface area contributed by atoms with E-state index in [-0.39, 0.29) is 5.91 Å². The van der Waals surface area contributed by atoms with E-state index in [0.717, 1.165) is 17.7 Å². The van der Waals surface area contributed by atoms with Crippen molar-refractivity contribution in [2.45, 2.75) is 39.8 Å². The van der Waals surface area contributed by atoms with Crippen LogP contribution in [-0.2, 0) is 11.3 Å². The number of methoxy groups -OCH3 is 1. The Morgan fingerprint density at radius 3 is 2.35 bits per heavy atom. The highest BCUT2D eigenvalue weighted by Crippen LogP contribution is 2.14. The molecular formula is C16H26N2O2. The van der Waals surface area contributed by atoms with Gasteiger partial charge in [0.25, 0.3) is 0 Å². The Morgan fingerprint density at radius 1 is 1.30 bits per heavy atom. The SMILES string of the molecule is CCN(Cc1ccc(OC)cc1)C(=O)[C@@H](N)CC(C)C. The van der Waals surface area contributed by atoms with Gasteiger partial charge in [0.1, 0.15) is 5.75 Å². The third kappa shape index (κ3) is 4.85. The Hall–Kier alpha value is -1.55. The first-order valence-corrected chi connectivity index (χ1v) is 7.15. The Morgan fingerprint density at radius 2 is 1.90 bits per heavy atom. The molecule has 0 aliphatic heterocycles. The summed E-state index contributed by atoms with van der Waals surface area (Å²) in [7, 11) is 1.64. The van der Waals surface area contributed by atoms with Crippen molar-refractivity contribution in [1.29, 1.82) is 0 Å². The van der Waals surface area contributed by atoms with Gasteiger partial charge < -0.3 is 15.4 Å². The summed E-state index contributed by atoms with van der Waals surface area (Å²) in [5.41, 5.74) is 7.06. The van der Waals surface area contributed by atoms with E-state index in [1.165, 1.54) is 0 Å². The van der Waals surface area contributed by atoms with E-state index in [9.17, 15) is 4.79 Å². The van der Waals surface area contributed by atoms with Gasteiger partial charge in [0.2, 0.25) is 5.91 Å². The summed E-state index contributed by atoms with van der Waals surface area (Å²) in [6.07, 6.45) is 0.720. The molecule has 1 atom stereocenters. The van der Waals surface area contributed by atoms with Crippen LogP contribution in [0.5, 0.6) is 5.75 Å². The fraction of sp³-hybridized carbons (Fsp3) is 0.562. The molecule has 0 saturated carbocycles. The number of hydrogen-bond donors (Lipinski definition) is 1. The zero-order valence-electron chi connectivity index (χ0n) is 12.9. The number of carbonyl (C=O) groups excluding carboxylic acids is 1. The number of nitrogens with two attached hydrogens (primary N) is 1. The predicted molar refractivity (Wildman–Crippen MR) is 81.5 cm³/mol. The molecule has 0 saturated heterocycles. The van der Waals surface area contributed by atoms with Gasteiger partial charge in [-0.15, -0.1) is 0 Å². The zero-order valence-corrected chi connectivity index (χ0v) is 12.9. The van der Waals surface area contributed by atoms with Crippen molar-refractivity contribution in [2.24, 2.45) is 11.7 Å². The number of nitrogens with zero attached hydrogens (tertiary/aromatic N) is 1. The summed E-state index contributed by atoms with van der Waals surface area (Å²) < 4.78 is 5.13. The van der Waals surface area contributed by atoms with Crippen molar-refractivity contribution in [2.75, 3.05) is 13.7 Å². The number of amides is 1. The number of likely N-dealkylation sites (N-methyl/N-ethyl adjacent to an activating group) is 1. The van der Waals surface area contributed by atoms with Gasteiger partial charge in [0.05, 0.1) is 13.2 Å². The Bertz CT molecular complexity index is 415. The molecule has 0 aliphatic carbocycles. The molecule has 112 valence electrons. The van der Waals surface area contributed by atoms with Gasteiger partial charge in [-0.2, -0.15) is 0 Å². The summed E-state index contributed by atoms with van der Waals surface area (Å²) in [5, 5.41) is 0. The summed E-state index contributed by atoms with van der Waals surface area (Å²) >= 11 is 0. The third-order valence-corrected chi connectivity index (χ3v) is 3.27. The molecule has 0 fully saturated rings. The van der Waals surface area contributed by atoms with Crippen LogP contribution in [0, 0.1) is 5.92 Å². The average molecular weight is 278 g/mol. The van der Waals surface area contributed by atoms with Crippen molar-refractivity contribution < 1.29 is 9.53 Å². The monoisotopic (exact) mass is 278 g/mol. The van der Waals surface area contributed by atoms with Crippen LogP contribution in [0.4, 0.5) is 0 Å². The quantitative estimate of drug-likeness (QED) is 0.833. The number of carbonyl (C=O) groups is 1. The standard InChI is InChI=1S/C16H26N2O2/c1-5-18(16(19)15(17)10-12(2)3)11-13-6-8-14(20-4)9-7-13/h6-9,12,15H,5,10-11,17H2,1-4H3/t15-/m0/s1. The molecule has 2 N–H and O–H groups in total. The third-order valence-electron chi connectivity index (χ3n) is 3.27. The van der Waals surface area contributed by atoms with Crippen molar-refractivity contribution in [1.82, 2.24) is 4.90 Å². The molecule has 0 unspecified atom stereocenters. The van der Waals surface area contributed by atoms with Crippen LogP contribution in [0.1, 0.15) is 32.8 Å². The first kappa shape index (κ1) is 16.5. The van der Waals surface area contributed by atoms with Crippen molar-refractivity contribution in [3.05, 3.63) is 29.8 Å². The second-order valence-electron chi connectivity index (χ2n) is 5.44. The summed E-state index contributed by atoms with van der Waals surface area (Å²) in [6.45, 7) is 7.38. The molecule has 4 nitrogen and oxygen atoms in total. The molecule has 0 aliphatic rings. The molecule has 1 amide bonds. The minimum Gasteiger partial charge on any atom is -0.497 e. The van der Waals surface area contributed by atoms with Gasteiger partial charge in [-0.05, 0) is 37.0 Å². The number of ether oxygens (including phenoxy) is 1. The minimum atomic E-state index is -0.409. The van der Waals surface area contributed by atoms with Crippen LogP contribution in [0.25, 0.3) is 0 Å². The lowest BCUT2D eigenvalue weighted by atomic mass is 10.0. The van der Waals surface area contributed by atoms with Crippen LogP contribution in [0.15, 0.2) is 24.3 Å². The highest BCUT2D eigenvalue weighted by Gasteiger charge is 2.20. The van der Waals surface area contributed by atoms with Crippen molar-refractivity contribution in [3.63, 3.8) is 0 Å². The van der Waals surface area contributed by atoms with E-state index < -0.39 is 6.04 Å². The summed E-state index contributed by atoms with van der Waals surface area (Å²) in [5.74, 6) is 1.27. The molecular weight excluding hydrogens is 252 g/mol. The molecule has 0 heterocycles. The maximum atomic E-state index is 12.3. The van der Waals surface area contributed by atoms with Crippen LogP contribution >= 0.6 is 0 Å². The van der Waals surface area contributed by atoms with Gasteiger partial charge >= 0.3 is 0 Å². The smallest absolute Gasteiger partial charge is 0.239 e. The van der Waals surface area contributed by atoms with Gasteiger partial charge in [-0.1, -0.05) is 26.0 Å². The zero-order chi connectivity index (χ0) is 15.1. The molecule has 1 aromatic carbocycles. The highest BCUT2D eigenvalue weighted by atomic mass is 16.5. The first-order chi connectivity index (χ1) is 9.47. The molecule has 0 bridgehead atoms. The van der Waals surface area contributed by atoms with Crippen LogP contribution in [-0.4, -0.2) is 30.5 Å². The molecule has 1 aromatic rings. The lowest BCUT2D eigenvalue weighted by Crippen LogP contribution is -2.43. The second kappa shape index (κ2) is 7.90. The minimum absolute atomic E-state index is 0.0250. The Balaban J connectivity index is 2.67. The van der Waals surface area contributed by atoms with Crippen molar-refractivity contribution in [3.8, 4) is 5.75 Å². The molecule has 1 rings (SSSR count). The van der Waals surface area contributed by atoms with E-state index >= 15 is 0 Å². The maximum absolute atomic E-state index is 12.3. The van der Waals surface area contributed by atoms with E-state index in [0.29, 0.717) is 19.0 Å². The van der Waals surface area contributed by atoms with E-state index in [1.807, 2.05) is 31.2 Å². The summed E-state index contributed by atoms with van der Waals surface area (Å²) in [6, 6.07) is 7.35. The average Bonchev–Trinajstić information content (AvgIpc) is 2.44. The van der Waals surface area contributed by atoms with Gasteiger partial charge in [-0.3, -0.25) is 4.79 Å². The van der Waals surface area contributed by atoms with Crippen LogP contribution in [0.2, 0.25) is 0 Å². The predicted octanol–water partition coefficient (Wildman–Crippen LogP) is 2.42. The summed E-state index contributed by atoms with van der Waals surface area (Å²) in [4.78, 5) is 14.1. The topological polar surface area (TPSA) is 55.6 Å². The fourth-order valence-corrected chi connectivity index (χ4v) is 2.14. The molecule has 0 spiro atoms. The Kier molecular flexibility index (Phi) is 6.52. The molecule has 0 radical (unpaired) electrons. The lowest BCUT2D eigenvalue weighted by Gasteiger charge is -2.25. The van der Waals surface area contributed by atoms with Crippen LogP contribution in [0.3, 0.4) is 0 Å². The second-order valence-corrected chi connectivity index (χ2v) is 5.44. The number of hydrogen-bond acceptors (Lipinski definition) is 3. The lowest BCUT2D eigenvalue weighted by molar-refractivity contribution is -0.133. The number of benzene rings is 1. The fourth-order valence-electron chi connectivity index (χ4n) is 2.14. The maximum Gasteiger partial charge on any atom is 0.239 e.